The molecule has 4 aromatic rings. The van der Waals surface area contributed by atoms with Gasteiger partial charge >= 0.3 is 11.9 Å². The number of amides is 2. The molecule has 6 rings (SSSR count). The Bertz CT molecular complexity index is 2340. The minimum absolute atomic E-state index is 0.0438. The number of benzene rings is 4. The van der Waals surface area contributed by atoms with Crippen LogP contribution in [0.25, 0.3) is 10.8 Å². The topological polar surface area (TPSA) is 201 Å². The van der Waals surface area contributed by atoms with Gasteiger partial charge in [-0.1, -0.05) is 48.9 Å². The van der Waals surface area contributed by atoms with Gasteiger partial charge in [-0.15, -0.1) is 0 Å². The van der Waals surface area contributed by atoms with E-state index in [2.05, 4.69) is 40.9 Å². The van der Waals surface area contributed by atoms with Crippen LogP contribution in [-0.2, 0) is 42.2 Å². The lowest BCUT2D eigenvalue weighted by Crippen LogP contribution is -2.50. The van der Waals surface area contributed by atoms with Crippen LogP contribution >= 0.6 is 0 Å². The first kappa shape index (κ1) is 47.1. The quantitative estimate of drug-likeness (QED) is 0.0951. The predicted molar refractivity (Wildman–Crippen MR) is 233 cm³/mol. The number of rotatable bonds is 16. The lowest BCUT2D eigenvalue weighted by atomic mass is 9.96. The molecule has 15 nitrogen and oxygen atoms in total. The minimum Gasteiger partial charge on any atom is -0.497 e. The number of carboxylic acid groups (broad SMARTS) is 2. The molecule has 0 radical (unpaired) electrons. The fourth-order valence-electron chi connectivity index (χ4n) is 7.40. The van der Waals surface area contributed by atoms with E-state index < -0.39 is 40.0 Å². The number of carboxylic acids is 2. The van der Waals surface area contributed by atoms with E-state index in [4.69, 9.17) is 24.4 Å². The van der Waals surface area contributed by atoms with E-state index in [1.54, 1.807) is 61.5 Å². The van der Waals surface area contributed by atoms with Gasteiger partial charge in [0.25, 0.3) is 0 Å². The zero-order valence-electron chi connectivity index (χ0n) is 35.9. The lowest BCUT2D eigenvalue weighted by Gasteiger charge is -2.39. The number of hydrogen-bond acceptors (Lipinski definition) is 10. The Balaban J connectivity index is 0.000000826. The number of likely N-dealkylation sites (tertiary alicyclic amines) is 1. The lowest BCUT2D eigenvalue weighted by molar-refractivity contribution is -0.136. The maximum Gasteiger partial charge on any atom is 0.328 e. The van der Waals surface area contributed by atoms with Crippen LogP contribution in [0.5, 0.6) is 17.2 Å². The number of likely N-dealkylation sites (N-methyl/N-ethyl adjacent to an activating group) is 1. The largest absolute Gasteiger partial charge is 0.497 e. The molecule has 0 saturated carbocycles. The van der Waals surface area contributed by atoms with E-state index in [0.29, 0.717) is 47.0 Å². The molecule has 2 heterocycles. The Kier molecular flexibility index (Phi) is 16.1. The summed E-state index contributed by atoms with van der Waals surface area (Å²) >= 11 is 0. The molecule has 2 amide bonds. The molecule has 332 valence electrons. The number of aliphatic carboxylic acids is 2. The number of methoxy groups -OCH3 is 1. The standard InChI is InChI=1S/C42H52N4O7S.C4H4O4/c1-27(2)45(5)42(48)38(20-30-10-12-31(13-11-30)25-46-28(3)8-7-9-29(46)4)43-41(47)24-37(34-16-19-39-40(23-34)53-26-52-39)44-54(49,50)36-18-15-32-21-35(51-6)17-14-33(32)22-36;5-3(6)1-2-4(7)8/h10-19,21-23,27-29,37-38,44H,7-9,20,24-26H2,1-6H3,(H,43,47);1-2H,(H,5,6)(H,7,8)/t28-,29+,37-,38-;/m1./s1. The number of nitrogens with one attached hydrogen (secondary N) is 2. The highest BCUT2D eigenvalue weighted by molar-refractivity contribution is 7.89. The van der Waals surface area contributed by atoms with Crippen LogP contribution in [0.1, 0.15) is 76.1 Å². The molecule has 4 atom stereocenters. The number of sulfonamides is 1. The second-order valence-corrected chi connectivity index (χ2v) is 17.6. The van der Waals surface area contributed by atoms with Gasteiger partial charge in [0, 0.05) is 56.7 Å². The van der Waals surface area contributed by atoms with Gasteiger partial charge in [0.2, 0.25) is 28.6 Å². The molecule has 2 aliphatic heterocycles. The molecule has 0 aliphatic carbocycles. The summed E-state index contributed by atoms with van der Waals surface area (Å²) in [5, 5.41) is 20.1. The molecule has 0 unspecified atom stereocenters. The van der Waals surface area contributed by atoms with Crippen molar-refractivity contribution in [3.05, 3.63) is 108 Å². The third-order valence-electron chi connectivity index (χ3n) is 11.1. The predicted octanol–water partition coefficient (Wildman–Crippen LogP) is 6.06. The van der Waals surface area contributed by atoms with E-state index in [1.807, 2.05) is 32.0 Å². The van der Waals surface area contributed by atoms with E-state index in [9.17, 15) is 27.6 Å². The van der Waals surface area contributed by atoms with E-state index in [1.165, 1.54) is 30.9 Å². The Morgan fingerprint density at radius 3 is 2.10 bits per heavy atom. The van der Waals surface area contributed by atoms with Crippen molar-refractivity contribution in [2.24, 2.45) is 0 Å². The SMILES string of the molecule is COc1ccc2cc(S(=O)(=O)N[C@H](CC(=O)N[C@H](Cc3ccc(CN4[C@H](C)CCC[C@@H]4C)cc3)C(=O)N(C)C(C)C)c3ccc4c(c3)OCO4)ccc2c1.O=C(O)C=CC(=O)O. The number of fused-ring (bicyclic) bond motifs is 2. The van der Waals surface area contributed by atoms with Gasteiger partial charge < -0.3 is 34.6 Å². The molecule has 62 heavy (non-hydrogen) atoms. The highest BCUT2D eigenvalue weighted by atomic mass is 32.2. The first-order valence-electron chi connectivity index (χ1n) is 20.5. The molecule has 4 aromatic carbocycles. The second kappa shape index (κ2) is 21.2. The molecule has 0 bridgehead atoms. The Morgan fingerprint density at radius 2 is 1.47 bits per heavy atom. The van der Waals surface area contributed by atoms with Crippen molar-refractivity contribution in [1.82, 2.24) is 19.8 Å². The third kappa shape index (κ3) is 12.8. The van der Waals surface area contributed by atoms with Crippen LogP contribution in [0.15, 0.2) is 95.9 Å². The number of nitrogens with zero attached hydrogens (tertiary/aromatic N) is 2. The average Bonchev–Trinajstić information content (AvgIpc) is 3.72. The highest BCUT2D eigenvalue weighted by Gasteiger charge is 2.30. The summed E-state index contributed by atoms with van der Waals surface area (Å²) in [6.45, 7) is 9.32. The Hall–Kier alpha value is -5.97. The van der Waals surface area contributed by atoms with Gasteiger partial charge in [-0.3, -0.25) is 14.5 Å². The molecule has 4 N–H and O–H groups in total. The van der Waals surface area contributed by atoms with Gasteiger partial charge in [-0.05, 0) is 104 Å². The molecular weight excluding hydrogens is 817 g/mol. The molecular formula is C46H56N4O11S. The monoisotopic (exact) mass is 872 g/mol. The van der Waals surface area contributed by atoms with Gasteiger partial charge in [-0.2, -0.15) is 0 Å². The molecule has 0 aromatic heterocycles. The van der Waals surface area contributed by atoms with E-state index in [-0.39, 0.29) is 36.5 Å². The zero-order valence-corrected chi connectivity index (χ0v) is 36.7. The molecule has 1 fully saturated rings. The Labute approximate surface area is 362 Å². The maximum atomic E-state index is 14.0. The van der Waals surface area contributed by atoms with Crippen LogP contribution in [0.4, 0.5) is 0 Å². The van der Waals surface area contributed by atoms with Crippen LogP contribution < -0.4 is 24.2 Å². The number of carbonyl (C=O) groups excluding carboxylic acids is 2. The summed E-state index contributed by atoms with van der Waals surface area (Å²) in [4.78, 5) is 51.1. The summed E-state index contributed by atoms with van der Waals surface area (Å²) < 4.78 is 47.0. The number of piperidine rings is 1. The van der Waals surface area contributed by atoms with Crippen molar-refractivity contribution in [3.8, 4) is 17.2 Å². The number of hydrogen-bond donors (Lipinski definition) is 4. The minimum atomic E-state index is -4.13. The smallest absolute Gasteiger partial charge is 0.328 e. The van der Waals surface area contributed by atoms with Crippen molar-refractivity contribution in [1.29, 1.82) is 0 Å². The first-order valence-corrected chi connectivity index (χ1v) is 22.0. The summed E-state index contributed by atoms with van der Waals surface area (Å²) in [6, 6.07) is 22.7. The highest BCUT2D eigenvalue weighted by Crippen LogP contribution is 2.36. The van der Waals surface area contributed by atoms with Gasteiger partial charge in [0.15, 0.2) is 11.5 Å². The summed E-state index contributed by atoms with van der Waals surface area (Å²) in [5.74, 6) is -1.58. The molecule has 2 aliphatic rings. The van der Waals surface area contributed by atoms with Crippen molar-refractivity contribution in [3.63, 3.8) is 0 Å². The fourth-order valence-corrected chi connectivity index (χ4v) is 8.66. The van der Waals surface area contributed by atoms with Crippen LogP contribution in [0.3, 0.4) is 0 Å². The number of ether oxygens (including phenoxy) is 3. The van der Waals surface area contributed by atoms with Crippen LogP contribution in [0.2, 0.25) is 0 Å². The first-order chi connectivity index (χ1) is 29.4. The molecule has 0 spiro atoms. The van der Waals surface area contributed by atoms with Crippen LogP contribution in [-0.4, -0.2) is 97.3 Å². The second-order valence-electron chi connectivity index (χ2n) is 15.9. The van der Waals surface area contributed by atoms with Crippen molar-refractivity contribution >= 4 is 44.5 Å². The summed E-state index contributed by atoms with van der Waals surface area (Å²) in [7, 11) is -0.830. The van der Waals surface area contributed by atoms with Gasteiger partial charge in [-0.25, -0.2) is 22.7 Å². The number of carbonyl (C=O) groups is 4. The van der Waals surface area contributed by atoms with E-state index >= 15 is 0 Å². The van der Waals surface area contributed by atoms with Crippen molar-refractivity contribution in [2.75, 3.05) is 21.0 Å². The molecule has 16 heteroatoms. The van der Waals surface area contributed by atoms with Crippen LogP contribution in [0, 0.1) is 0 Å². The zero-order chi connectivity index (χ0) is 45.1. The van der Waals surface area contributed by atoms with Crippen molar-refractivity contribution in [2.45, 2.75) is 101 Å². The maximum absolute atomic E-state index is 14.0. The normalized spacial score (nSPS) is 17.2. The van der Waals surface area contributed by atoms with Crippen molar-refractivity contribution < 1.29 is 52.0 Å². The summed E-state index contributed by atoms with van der Waals surface area (Å²) in [6.07, 6.45) is 4.78. The molecule has 1 saturated heterocycles. The average molecular weight is 873 g/mol. The Morgan fingerprint density at radius 1 is 0.855 bits per heavy atom. The van der Waals surface area contributed by atoms with Gasteiger partial charge in [0.1, 0.15) is 11.8 Å². The van der Waals surface area contributed by atoms with Gasteiger partial charge in [0.05, 0.1) is 18.0 Å². The van der Waals surface area contributed by atoms with E-state index in [0.717, 1.165) is 22.9 Å². The summed E-state index contributed by atoms with van der Waals surface area (Å²) in [5.41, 5.74) is 2.63. The fraction of sp³-hybridized carbons (Fsp3) is 0.391. The third-order valence-corrected chi connectivity index (χ3v) is 12.6.